The molecule has 1 aliphatic carbocycles. The lowest BCUT2D eigenvalue weighted by atomic mass is 9.79. The van der Waals surface area contributed by atoms with Crippen molar-refractivity contribution in [2.24, 2.45) is 23.3 Å². The Morgan fingerprint density at radius 3 is 2.56 bits per heavy atom. The van der Waals surface area contributed by atoms with Gasteiger partial charge in [0.2, 0.25) is 11.8 Å². The molecule has 0 spiro atoms. The first kappa shape index (κ1) is 13.0. The highest BCUT2D eigenvalue weighted by Crippen LogP contribution is 2.27. The molecule has 3 unspecified atom stereocenters. The van der Waals surface area contributed by atoms with Crippen LogP contribution in [0.1, 0.15) is 32.6 Å². The lowest BCUT2D eigenvalue weighted by Crippen LogP contribution is -2.40. The zero-order chi connectivity index (χ0) is 12.1. The Labute approximate surface area is 95.9 Å². The molecule has 0 aromatic rings. The summed E-state index contributed by atoms with van der Waals surface area (Å²) in [7, 11) is 0. The number of rotatable bonds is 4. The number of carbonyl (C=O) groups is 2. The van der Waals surface area contributed by atoms with Gasteiger partial charge in [-0.2, -0.15) is 0 Å². The molecule has 0 aromatic heterocycles. The van der Waals surface area contributed by atoms with E-state index in [-0.39, 0.29) is 24.3 Å². The van der Waals surface area contributed by atoms with Gasteiger partial charge in [-0.3, -0.25) is 9.59 Å². The smallest absolute Gasteiger partial charge is 0.223 e. The summed E-state index contributed by atoms with van der Waals surface area (Å²) >= 11 is 0. The first-order valence-corrected chi connectivity index (χ1v) is 5.80. The highest BCUT2D eigenvalue weighted by atomic mass is 16.2. The summed E-state index contributed by atoms with van der Waals surface area (Å²) in [6.07, 6.45) is 2.81. The Morgan fingerprint density at radius 2 is 2.00 bits per heavy atom. The molecule has 3 atom stereocenters. The molecular weight excluding hydrogens is 206 g/mol. The van der Waals surface area contributed by atoms with E-state index in [1.165, 1.54) is 0 Å². The fourth-order valence-electron chi connectivity index (χ4n) is 2.32. The standard InChI is InChI=1S/C11H21N3O2/c1-7-4-8(6-9(12)5-7)11(16)14-3-2-10(13)15/h7-9H,2-6,12H2,1H3,(H2,13,15)(H,14,16). The SMILES string of the molecule is CC1CC(N)CC(C(=O)NCCC(N)=O)C1. The van der Waals surface area contributed by atoms with Crippen LogP contribution in [-0.4, -0.2) is 24.4 Å². The third-order valence-electron chi connectivity index (χ3n) is 3.02. The number of nitrogens with two attached hydrogens (primary N) is 2. The van der Waals surface area contributed by atoms with Crippen LogP contribution in [0, 0.1) is 11.8 Å². The van der Waals surface area contributed by atoms with E-state index in [0.29, 0.717) is 12.5 Å². The van der Waals surface area contributed by atoms with E-state index >= 15 is 0 Å². The van der Waals surface area contributed by atoms with E-state index in [0.717, 1.165) is 19.3 Å². The van der Waals surface area contributed by atoms with Gasteiger partial charge in [-0.15, -0.1) is 0 Å². The van der Waals surface area contributed by atoms with Crippen LogP contribution < -0.4 is 16.8 Å². The fourth-order valence-corrected chi connectivity index (χ4v) is 2.32. The molecule has 0 aliphatic heterocycles. The zero-order valence-electron chi connectivity index (χ0n) is 9.74. The van der Waals surface area contributed by atoms with Crippen LogP contribution in [0.25, 0.3) is 0 Å². The van der Waals surface area contributed by atoms with E-state index in [9.17, 15) is 9.59 Å². The lowest BCUT2D eigenvalue weighted by Gasteiger charge is -2.30. The summed E-state index contributed by atoms with van der Waals surface area (Å²) in [6, 6.07) is 0.121. The summed E-state index contributed by atoms with van der Waals surface area (Å²) in [5, 5.41) is 2.73. The first-order valence-electron chi connectivity index (χ1n) is 5.80. The van der Waals surface area contributed by atoms with Crippen molar-refractivity contribution in [3.8, 4) is 0 Å². The van der Waals surface area contributed by atoms with Crippen LogP contribution in [0.5, 0.6) is 0 Å². The highest BCUT2D eigenvalue weighted by molar-refractivity contribution is 5.80. The second kappa shape index (κ2) is 5.84. The van der Waals surface area contributed by atoms with E-state index in [4.69, 9.17) is 11.5 Å². The Morgan fingerprint density at radius 1 is 1.31 bits per heavy atom. The average molecular weight is 227 g/mol. The topological polar surface area (TPSA) is 98.2 Å². The van der Waals surface area contributed by atoms with E-state index in [1.54, 1.807) is 0 Å². The van der Waals surface area contributed by atoms with Crippen LogP contribution in [0.4, 0.5) is 0 Å². The summed E-state index contributed by atoms with van der Waals surface area (Å²) in [5.74, 6) is 0.0968. The van der Waals surface area contributed by atoms with Crippen molar-refractivity contribution in [2.75, 3.05) is 6.54 Å². The van der Waals surface area contributed by atoms with Gasteiger partial charge in [-0.1, -0.05) is 6.92 Å². The molecule has 5 N–H and O–H groups in total. The maximum atomic E-state index is 11.8. The number of amides is 2. The van der Waals surface area contributed by atoms with Crippen molar-refractivity contribution in [3.63, 3.8) is 0 Å². The molecule has 1 saturated carbocycles. The number of nitrogens with one attached hydrogen (secondary N) is 1. The Hall–Kier alpha value is -1.10. The second-order valence-electron chi connectivity index (χ2n) is 4.78. The molecule has 0 bridgehead atoms. The van der Waals surface area contributed by atoms with Crippen molar-refractivity contribution in [1.82, 2.24) is 5.32 Å². The quantitative estimate of drug-likeness (QED) is 0.617. The molecule has 0 aromatic carbocycles. The average Bonchev–Trinajstić information content (AvgIpc) is 2.15. The van der Waals surface area contributed by atoms with Crippen LogP contribution in [0.3, 0.4) is 0 Å². The maximum Gasteiger partial charge on any atom is 0.223 e. The number of carbonyl (C=O) groups excluding carboxylic acids is 2. The monoisotopic (exact) mass is 227 g/mol. The van der Waals surface area contributed by atoms with Crippen molar-refractivity contribution < 1.29 is 9.59 Å². The molecule has 1 fully saturated rings. The molecule has 2 amide bonds. The summed E-state index contributed by atoms with van der Waals surface area (Å²) < 4.78 is 0. The fraction of sp³-hybridized carbons (Fsp3) is 0.818. The molecule has 1 rings (SSSR count). The molecule has 5 nitrogen and oxygen atoms in total. The minimum atomic E-state index is -0.394. The van der Waals surface area contributed by atoms with Gasteiger partial charge in [0.1, 0.15) is 0 Å². The van der Waals surface area contributed by atoms with Crippen molar-refractivity contribution in [3.05, 3.63) is 0 Å². The third-order valence-corrected chi connectivity index (χ3v) is 3.02. The Kier molecular flexibility index (Phi) is 4.73. The lowest BCUT2D eigenvalue weighted by molar-refractivity contribution is -0.126. The minimum absolute atomic E-state index is 0.00301. The predicted molar refractivity (Wildman–Crippen MR) is 61.3 cm³/mol. The molecular formula is C11H21N3O2. The zero-order valence-corrected chi connectivity index (χ0v) is 9.74. The molecule has 16 heavy (non-hydrogen) atoms. The van der Waals surface area contributed by atoms with Crippen molar-refractivity contribution in [2.45, 2.75) is 38.6 Å². The van der Waals surface area contributed by atoms with Gasteiger partial charge in [0, 0.05) is 24.9 Å². The van der Waals surface area contributed by atoms with Gasteiger partial charge in [0.05, 0.1) is 0 Å². The molecule has 0 heterocycles. The van der Waals surface area contributed by atoms with Crippen LogP contribution in [0.15, 0.2) is 0 Å². The first-order chi connectivity index (χ1) is 7.49. The predicted octanol–water partition coefficient (Wildman–Crippen LogP) is -0.258. The summed E-state index contributed by atoms with van der Waals surface area (Å²) in [6.45, 7) is 2.44. The van der Waals surface area contributed by atoms with Gasteiger partial charge in [-0.05, 0) is 25.2 Å². The largest absolute Gasteiger partial charge is 0.370 e. The van der Waals surface area contributed by atoms with Gasteiger partial charge in [0.25, 0.3) is 0 Å². The Bertz CT molecular complexity index is 258. The van der Waals surface area contributed by atoms with Gasteiger partial charge < -0.3 is 16.8 Å². The highest BCUT2D eigenvalue weighted by Gasteiger charge is 2.28. The number of hydrogen-bond acceptors (Lipinski definition) is 3. The number of primary amides is 1. The molecule has 1 aliphatic rings. The second-order valence-corrected chi connectivity index (χ2v) is 4.78. The maximum absolute atomic E-state index is 11.8. The summed E-state index contributed by atoms with van der Waals surface area (Å²) in [4.78, 5) is 22.3. The molecule has 0 radical (unpaired) electrons. The summed E-state index contributed by atoms with van der Waals surface area (Å²) in [5.41, 5.74) is 10.9. The minimum Gasteiger partial charge on any atom is -0.370 e. The van der Waals surface area contributed by atoms with Crippen LogP contribution in [-0.2, 0) is 9.59 Å². The van der Waals surface area contributed by atoms with Gasteiger partial charge in [0.15, 0.2) is 0 Å². The van der Waals surface area contributed by atoms with Crippen LogP contribution >= 0.6 is 0 Å². The Balaban J connectivity index is 2.32. The van der Waals surface area contributed by atoms with Crippen molar-refractivity contribution in [1.29, 1.82) is 0 Å². The van der Waals surface area contributed by atoms with Crippen molar-refractivity contribution >= 4 is 11.8 Å². The third kappa shape index (κ3) is 4.18. The van der Waals surface area contributed by atoms with E-state index in [2.05, 4.69) is 12.2 Å². The van der Waals surface area contributed by atoms with Gasteiger partial charge in [-0.25, -0.2) is 0 Å². The van der Waals surface area contributed by atoms with Crippen LogP contribution in [0.2, 0.25) is 0 Å². The van der Waals surface area contributed by atoms with Gasteiger partial charge >= 0.3 is 0 Å². The molecule has 0 saturated heterocycles. The number of hydrogen-bond donors (Lipinski definition) is 3. The molecule has 92 valence electrons. The van der Waals surface area contributed by atoms with E-state index in [1.807, 2.05) is 0 Å². The van der Waals surface area contributed by atoms with E-state index < -0.39 is 5.91 Å². The molecule has 5 heteroatoms. The normalized spacial score (nSPS) is 29.8.